The molecule has 0 spiro atoms. The highest BCUT2D eigenvalue weighted by atomic mass is 16.5. The zero-order chi connectivity index (χ0) is 12.6. The molecule has 0 aromatic heterocycles. The van der Waals surface area contributed by atoms with Crippen LogP contribution in [0.3, 0.4) is 0 Å². The van der Waals surface area contributed by atoms with E-state index >= 15 is 0 Å². The van der Waals surface area contributed by atoms with Gasteiger partial charge in [0.1, 0.15) is 11.5 Å². The second-order valence-electron chi connectivity index (χ2n) is 4.75. The molecule has 0 bridgehead atoms. The molecular formula is C13H17NO3. The maximum absolute atomic E-state index is 12.1. The summed E-state index contributed by atoms with van der Waals surface area (Å²) in [6, 6.07) is 4.83. The quantitative estimate of drug-likeness (QED) is 0.854. The van der Waals surface area contributed by atoms with E-state index in [0.29, 0.717) is 23.9 Å². The molecule has 1 amide bonds. The Bertz CT molecular complexity index is 442. The molecule has 1 aromatic carbocycles. The van der Waals surface area contributed by atoms with E-state index in [1.54, 1.807) is 30.0 Å². The van der Waals surface area contributed by atoms with Gasteiger partial charge in [0.25, 0.3) is 5.91 Å². The van der Waals surface area contributed by atoms with Gasteiger partial charge < -0.3 is 14.7 Å². The number of carbonyl (C=O) groups excluding carboxylic acids is 1. The van der Waals surface area contributed by atoms with Crippen molar-refractivity contribution >= 4 is 11.6 Å². The van der Waals surface area contributed by atoms with Crippen LogP contribution in [-0.2, 0) is 4.79 Å². The molecule has 2 rings (SSSR count). The van der Waals surface area contributed by atoms with Crippen molar-refractivity contribution in [3.05, 3.63) is 18.2 Å². The second-order valence-corrected chi connectivity index (χ2v) is 4.75. The average Bonchev–Trinajstić information content (AvgIpc) is 2.25. The second kappa shape index (κ2) is 4.28. The van der Waals surface area contributed by atoms with Crippen molar-refractivity contribution in [3.8, 4) is 11.5 Å². The number of anilines is 1. The first kappa shape index (κ1) is 11.8. The number of benzene rings is 1. The third kappa shape index (κ3) is 2.20. The summed E-state index contributed by atoms with van der Waals surface area (Å²) in [5.74, 6) is 1.09. The monoisotopic (exact) mass is 235 g/mol. The van der Waals surface area contributed by atoms with E-state index in [1.807, 2.05) is 0 Å². The number of nitrogens with zero attached hydrogens (tertiary/aromatic N) is 1. The Morgan fingerprint density at radius 2 is 2.18 bits per heavy atom. The summed E-state index contributed by atoms with van der Waals surface area (Å²) in [6.07, 6.45) is -0.467. The van der Waals surface area contributed by atoms with Gasteiger partial charge >= 0.3 is 0 Å². The summed E-state index contributed by atoms with van der Waals surface area (Å²) in [5, 5.41) is 9.50. The van der Waals surface area contributed by atoms with E-state index in [4.69, 9.17) is 4.74 Å². The normalized spacial score (nSPS) is 19.2. The number of hydrogen-bond donors (Lipinski definition) is 1. The van der Waals surface area contributed by atoms with Crippen molar-refractivity contribution < 1.29 is 14.6 Å². The van der Waals surface area contributed by atoms with Crippen LogP contribution in [0.5, 0.6) is 11.5 Å². The maximum atomic E-state index is 12.1. The van der Waals surface area contributed by atoms with E-state index in [9.17, 15) is 9.90 Å². The van der Waals surface area contributed by atoms with Crippen LogP contribution in [0.1, 0.15) is 20.8 Å². The van der Waals surface area contributed by atoms with Gasteiger partial charge in [0, 0.05) is 12.6 Å². The number of carbonyl (C=O) groups is 1. The van der Waals surface area contributed by atoms with Crippen LogP contribution in [0.4, 0.5) is 5.69 Å². The van der Waals surface area contributed by atoms with E-state index in [-0.39, 0.29) is 11.7 Å². The van der Waals surface area contributed by atoms with Gasteiger partial charge in [-0.05, 0) is 25.0 Å². The third-order valence-electron chi connectivity index (χ3n) is 2.70. The van der Waals surface area contributed by atoms with Crippen molar-refractivity contribution in [2.24, 2.45) is 5.92 Å². The Labute approximate surface area is 101 Å². The van der Waals surface area contributed by atoms with Crippen LogP contribution in [0.2, 0.25) is 0 Å². The summed E-state index contributed by atoms with van der Waals surface area (Å²) in [5.41, 5.74) is 0.654. The first-order valence-electron chi connectivity index (χ1n) is 5.80. The molecule has 0 saturated heterocycles. The summed E-state index contributed by atoms with van der Waals surface area (Å²) in [4.78, 5) is 13.7. The van der Waals surface area contributed by atoms with Gasteiger partial charge in [0.15, 0.2) is 6.10 Å². The molecule has 1 atom stereocenters. The van der Waals surface area contributed by atoms with E-state index < -0.39 is 6.10 Å². The Kier molecular flexibility index (Phi) is 2.96. The maximum Gasteiger partial charge on any atom is 0.267 e. The highest BCUT2D eigenvalue weighted by molar-refractivity contribution is 6.00. The standard InChI is InChI=1S/C13H17NO3/c1-8(2)7-14-11-6-10(15)4-5-12(11)17-9(3)13(14)16/h4-6,8-9,15H,7H2,1-3H3. The van der Waals surface area contributed by atoms with Crippen LogP contribution in [0.25, 0.3) is 0 Å². The molecule has 1 aliphatic heterocycles. The van der Waals surface area contributed by atoms with Crippen molar-refractivity contribution in [2.45, 2.75) is 26.9 Å². The number of amides is 1. The number of aromatic hydroxyl groups is 1. The molecule has 0 saturated carbocycles. The third-order valence-corrected chi connectivity index (χ3v) is 2.70. The lowest BCUT2D eigenvalue weighted by molar-refractivity contribution is -0.125. The lowest BCUT2D eigenvalue weighted by Crippen LogP contribution is -2.45. The number of hydrogen-bond acceptors (Lipinski definition) is 3. The summed E-state index contributed by atoms with van der Waals surface area (Å²) >= 11 is 0. The number of phenols is 1. The number of phenolic OH excluding ortho intramolecular Hbond substituents is 1. The highest BCUT2D eigenvalue weighted by Crippen LogP contribution is 2.36. The topological polar surface area (TPSA) is 49.8 Å². The Hall–Kier alpha value is -1.71. The van der Waals surface area contributed by atoms with Crippen molar-refractivity contribution in [1.82, 2.24) is 0 Å². The molecule has 4 nitrogen and oxygen atoms in total. The van der Waals surface area contributed by atoms with E-state index in [1.165, 1.54) is 0 Å². The van der Waals surface area contributed by atoms with Gasteiger partial charge in [-0.1, -0.05) is 13.8 Å². The fraction of sp³-hybridized carbons (Fsp3) is 0.462. The van der Waals surface area contributed by atoms with E-state index in [0.717, 1.165) is 0 Å². The van der Waals surface area contributed by atoms with Crippen LogP contribution in [0.15, 0.2) is 18.2 Å². The fourth-order valence-corrected chi connectivity index (χ4v) is 1.95. The fourth-order valence-electron chi connectivity index (χ4n) is 1.95. The Morgan fingerprint density at radius 1 is 1.47 bits per heavy atom. The molecule has 1 N–H and O–H groups in total. The average molecular weight is 235 g/mol. The zero-order valence-corrected chi connectivity index (χ0v) is 10.3. The largest absolute Gasteiger partial charge is 0.508 e. The molecule has 1 heterocycles. The van der Waals surface area contributed by atoms with Crippen molar-refractivity contribution in [3.63, 3.8) is 0 Å². The first-order valence-corrected chi connectivity index (χ1v) is 5.80. The minimum Gasteiger partial charge on any atom is -0.508 e. The zero-order valence-electron chi connectivity index (χ0n) is 10.3. The van der Waals surface area contributed by atoms with Crippen LogP contribution in [0, 0.1) is 5.92 Å². The minimum atomic E-state index is -0.467. The van der Waals surface area contributed by atoms with Crippen LogP contribution < -0.4 is 9.64 Å². The van der Waals surface area contributed by atoms with Gasteiger partial charge in [0.2, 0.25) is 0 Å². The molecule has 1 aromatic rings. The summed E-state index contributed by atoms with van der Waals surface area (Å²) in [7, 11) is 0. The Balaban J connectivity index is 2.43. The molecular weight excluding hydrogens is 218 g/mol. The minimum absolute atomic E-state index is 0.0585. The van der Waals surface area contributed by atoms with Crippen molar-refractivity contribution in [2.75, 3.05) is 11.4 Å². The molecule has 17 heavy (non-hydrogen) atoms. The van der Waals surface area contributed by atoms with Crippen LogP contribution >= 0.6 is 0 Å². The lowest BCUT2D eigenvalue weighted by atomic mass is 10.1. The lowest BCUT2D eigenvalue weighted by Gasteiger charge is -2.34. The first-order chi connectivity index (χ1) is 7.99. The SMILES string of the molecule is CC(C)CN1C(=O)C(C)Oc2ccc(O)cc21. The number of fused-ring (bicyclic) bond motifs is 1. The predicted octanol–water partition coefficient (Wildman–Crippen LogP) is 2.16. The van der Waals surface area contributed by atoms with Crippen molar-refractivity contribution in [1.29, 1.82) is 0 Å². The molecule has 0 aliphatic carbocycles. The molecule has 0 radical (unpaired) electrons. The number of ether oxygens (including phenoxy) is 1. The van der Waals surface area contributed by atoms with Gasteiger partial charge in [-0.15, -0.1) is 0 Å². The smallest absolute Gasteiger partial charge is 0.267 e. The molecule has 92 valence electrons. The van der Waals surface area contributed by atoms with E-state index in [2.05, 4.69) is 13.8 Å². The van der Waals surface area contributed by atoms with Crippen LogP contribution in [-0.4, -0.2) is 23.7 Å². The molecule has 1 unspecified atom stereocenters. The summed E-state index contributed by atoms with van der Waals surface area (Å²) in [6.45, 7) is 6.47. The predicted molar refractivity (Wildman–Crippen MR) is 65.4 cm³/mol. The number of rotatable bonds is 2. The molecule has 4 heteroatoms. The Morgan fingerprint density at radius 3 is 2.82 bits per heavy atom. The highest BCUT2D eigenvalue weighted by Gasteiger charge is 2.31. The van der Waals surface area contributed by atoms with Gasteiger partial charge in [-0.3, -0.25) is 4.79 Å². The molecule has 0 fully saturated rings. The van der Waals surface area contributed by atoms with Gasteiger partial charge in [0.05, 0.1) is 5.69 Å². The summed E-state index contributed by atoms with van der Waals surface area (Å²) < 4.78 is 5.51. The van der Waals surface area contributed by atoms with Gasteiger partial charge in [-0.2, -0.15) is 0 Å². The molecule has 1 aliphatic rings. The van der Waals surface area contributed by atoms with Gasteiger partial charge in [-0.25, -0.2) is 0 Å².